The van der Waals surface area contributed by atoms with E-state index in [0.717, 1.165) is 11.3 Å². The van der Waals surface area contributed by atoms with E-state index in [1.165, 1.54) is 28.8 Å². The fourth-order valence-electron chi connectivity index (χ4n) is 2.97. The number of rotatable bonds is 4. The van der Waals surface area contributed by atoms with Gasteiger partial charge in [-0.15, -0.1) is 0 Å². The van der Waals surface area contributed by atoms with E-state index in [0.29, 0.717) is 5.11 Å². The van der Waals surface area contributed by atoms with Crippen molar-refractivity contribution in [2.24, 2.45) is 0 Å². The van der Waals surface area contributed by atoms with E-state index in [4.69, 9.17) is 12.2 Å². The summed E-state index contributed by atoms with van der Waals surface area (Å²) in [5, 5.41) is 7.01. The molecule has 0 radical (unpaired) electrons. The van der Waals surface area contributed by atoms with Crippen LogP contribution in [0.25, 0.3) is 0 Å². The fourth-order valence-corrected chi connectivity index (χ4v) is 3.20. The highest BCUT2D eigenvalue weighted by molar-refractivity contribution is 7.80. The lowest BCUT2D eigenvalue weighted by Gasteiger charge is -2.24. The Kier molecular flexibility index (Phi) is 5.64. The molecule has 0 saturated heterocycles. The van der Waals surface area contributed by atoms with Gasteiger partial charge in [-0.2, -0.15) is 0 Å². The monoisotopic (exact) mass is 364 g/mol. The first-order chi connectivity index (χ1) is 12.5. The van der Waals surface area contributed by atoms with Crippen LogP contribution in [0.1, 0.15) is 28.3 Å². The average Bonchev–Trinajstić information content (AvgIpc) is 2.63. The molecule has 0 fully saturated rings. The highest BCUT2D eigenvalue weighted by Crippen LogP contribution is 2.26. The molecule has 0 aliphatic carbocycles. The Balaban J connectivity index is 1.86. The van der Waals surface area contributed by atoms with Crippen LogP contribution >= 0.6 is 12.2 Å². The molecule has 0 aliphatic heterocycles. The van der Waals surface area contributed by atoms with E-state index in [-0.39, 0.29) is 11.9 Å². The number of aryl methyl sites for hydroxylation is 2. The van der Waals surface area contributed by atoms with Crippen molar-refractivity contribution < 1.29 is 4.39 Å². The van der Waals surface area contributed by atoms with E-state index < -0.39 is 0 Å². The van der Waals surface area contributed by atoms with Crippen molar-refractivity contribution in [3.8, 4) is 0 Å². The van der Waals surface area contributed by atoms with Crippen LogP contribution in [-0.4, -0.2) is 5.11 Å². The van der Waals surface area contributed by atoms with E-state index >= 15 is 0 Å². The van der Waals surface area contributed by atoms with Gasteiger partial charge < -0.3 is 10.6 Å². The van der Waals surface area contributed by atoms with Crippen LogP contribution in [0.5, 0.6) is 0 Å². The second-order valence-electron chi connectivity index (χ2n) is 6.31. The molecule has 26 heavy (non-hydrogen) atoms. The standard InChI is InChI=1S/C22H21FN2S/c1-15-8-13-20(16(2)14-15)21(17-6-4-3-5-7-17)25-22(26)24-19-11-9-18(23)10-12-19/h3-14,21H,1-2H3,(H2,24,25,26). The van der Waals surface area contributed by atoms with Crippen LogP contribution in [0.15, 0.2) is 72.8 Å². The zero-order valence-corrected chi connectivity index (χ0v) is 15.6. The number of thiocarbonyl (C=S) groups is 1. The highest BCUT2D eigenvalue weighted by atomic mass is 32.1. The van der Waals surface area contributed by atoms with E-state index in [1.54, 1.807) is 12.1 Å². The van der Waals surface area contributed by atoms with Crippen molar-refractivity contribution in [1.82, 2.24) is 5.32 Å². The summed E-state index contributed by atoms with van der Waals surface area (Å²) in [5.74, 6) is -0.271. The Morgan fingerprint density at radius 3 is 2.27 bits per heavy atom. The zero-order valence-electron chi connectivity index (χ0n) is 14.8. The molecule has 0 spiro atoms. The average molecular weight is 364 g/mol. The molecule has 2 nitrogen and oxygen atoms in total. The molecular weight excluding hydrogens is 343 g/mol. The minimum absolute atomic E-state index is 0.0720. The smallest absolute Gasteiger partial charge is 0.171 e. The fraction of sp³-hybridized carbons (Fsp3) is 0.136. The van der Waals surface area contributed by atoms with Crippen molar-refractivity contribution in [1.29, 1.82) is 0 Å². The highest BCUT2D eigenvalue weighted by Gasteiger charge is 2.17. The lowest BCUT2D eigenvalue weighted by molar-refractivity contribution is 0.628. The maximum atomic E-state index is 13.1. The number of halogens is 1. The molecule has 0 aromatic heterocycles. The number of hydrogen-bond acceptors (Lipinski definition) is 1. The second kappa shape index (κ2) is 8.11. The van der Waals surface area contributed by atoms with Gasteiger partial charge in [-0.3, -0.25) is 0 Å². The molecular formula is C22H21FN2S. The third-order valence-corrected chi connectivity index (χ3v) is 4.47. The summed E-state index contributed by atoms with van der Waals surface area (Å²) < 4.78 is 13.1. The third kappa shape index (κ3) is 4.46. The van der Waals surface area contributed by atoms with Crippen LogP contribution < -0.4 is 10.6 Å². The van der Waals surface area contributed by atoms with E-state index in [2.05, 4.69) is 54.8 Å². The Hall–Kier alpha value is -2.72. The van der Waals surface area contributed by atoms with Gasteiger partial charge in [0.25, 0.3) is 0 Å². The van der Waals surface area contributed by atoms with E-state index in [1.807, 2.05) is 18.2 Å². The second-order valence-corrected chi connectivity index (χ2v) is 6.72. The van der Waals surface area contributed by atoms with Crippen molar-refractivity contribution >= 4 is 23.0 Å². The summed E-state index contributed by atoms with van der Waals surface area (Å²) >= 11 is 5.50. The van der Waals surface area contributed by atoms with Crippen LogP contribution in [-0.2, 0) is 0 Å². The summed E-state index contributed by atoms with van der Waals surface area (Å²) in [5.41, 5.74) is 5.48. The largest absolute Gasteiger partial charge is 0.352 e. The van der Waals surface area contributed by atoms with Crippen molar-refractivity contribution in [2.75, 3.05) is 5.32 Å². The molecule has 1 unspecified atom stereocenters. The molecule has 2 N–H and O–H groups in total. The quantitative estimate of drug-likeness (QED) is 0.596. The molecule has 132 valence electrons. The zero-order chi connectivity index (χ0) is 18.5. The SMILES string of the molecule is Cc1ccc(C(NC(=S)Nc2ccc(F)cc2)c2ccccc2)c(C)c1. The maximum absolute atomic E-state index is 13.1. The molecule has 0 heterocycles. The Bertz CT molecular complexity index is 892. The molecule has 0 aliphatic rings. The number of hydrogen-bond donors (Lipinski definition) is 2. The first-order valence-corrected chi connectivity index (χ1v) is 8.89. The van der Waals surface area contributed by atoms with Gasteiger partial charge in [0, 0.05) is 5.69 Å². The summed E-state index contributed by atoms with van der Waals surface area (Å²) in [6.07, 6.45) is 0. The van der Waals surface area contributed by atoms with Gasteiger partial charge in [-0.05, 0) is 67.0 Å². The Labute approximate surface area is 159 Å². The third-order valence-electron chi connectivity index (χ3n) is 4.25. The minimum atomic E-state index is -0.271. The van der Waals surface area contributed by atoms with E-state index in [9.17, 15) is 4.39 Å². The van der Waals surface area contributed by atoms with Gasteiger partial charge >= 0.3 is 0 Å². The number of anilines is 1. The van der Waals surface area contributed by atoms with Crippen LogP contribution in [0.2, 0.25) is 0 Å². The molecule has 1 atom stereocenters. The lowest BCUT2D eigenvalue weighted by atomic mass is 9.94. The molecule has 3 aromatic rings. The molecule has 3 rings (SSSR count). The van der Waals surface area contributed by atoms with Gasteiger partial charge in [-0.1, -0.05) is 54.1 Å². The van der Waals surface area contributed by atoms with Gasteiger partial charge in [0.15, 0.2) is 5.11 Å². The van der Waals surface area contributed by atoms with Gasteiger partial charge in [0.05, 0.1) is 6.04 Å². The first-order valence-electron chi connectivity index (χ1n) is 8.48. The van der Waals surface area contributed by atoms with Crippen LogP contribution in [0.3, 0.4) is 0 Å². The van der Waals surface area contributed by atoms with Crippen molar-refractivity contribution in [3.63, 3.8) is 0 Å². The molecule has 0 saturated carbocycles. The van der Waals surface area contributed by atoms with Gasteiger partial charge in [0.1, 0.15) is 5.82 Å². The predicted octanol–water partition coefficient (Wildman–Crippen LogP) is 5.52. The normalized spacial score (nSPS) is 11.7. The molecule has 4 heteroatoms. The van der Waals surface area contributed by atoms with Gasteiger partial charge in [0.2, 0.25) is 0 Å². The predicted molar refractivity (Wildman–Crippen MR) is 110 cm³/mol. The molecule has 0 amide bonds. The number of nitrogens with one attached hydrogen (secondary N) is 2. The van der Waals surface area contributed by atoms with Gasteiger partial charge in [-0.25, -0.2) is 4.39 Å². The van der Waals surface area contributed by atoms with Crippen LogP contribution in [0, 0.1) is 19.7 Å². The van der Waals surface area contributed by atoms with Crippen LogP contribution in [0.4, 0.5) is 10.1 Å². The summed E-state index contributed by atoms with van der Waals surface area (Å²) in [6, 6.07) is 22.7. The summed E-state index contributed by atoms with van der Waals surface area (Å²) in [4.78, 5) is 0. The minimum Gasteiger partial charge on any atom is -0.352 e. The first kappa shape index (κ1) is 18.1. The maximum Gasteiger partial charge on any atom is 0.171 e. The Morgan fingerprint density at radius 2 is 1.62 bits per heavy atom. The Morgan fingerprint density at radius 1 is 0.923 bits per heavy atom. The van der Waals surface area contributed by atoms with Crippen molar-refractivity contribution in [2.45, 2.75) is 19.9 Å². The lowest BCUT2D eigenvalue weighted by Crippen LogP contribution is -2.33. The summed E-state index contributed by atoms with van der Waals surface area (Å²) in [6.45, 7) is 4.19. The number of benzene rings is 3. The molecule has 3 aromatic carbocycles. The topological polar surface area (TPSA) is 24.1 Å². The van der Waals surface area contributed by atoms with Crippen molar-refractivity contribution in [3.05, 3.63) is 101 Å². The molecule has 0 bridgehead atoms. The summed E-state index contributed by atoms with van der Waals surface area (Å²) in [7, 11) is 0.